The highest BCUT2D eigenvalue weighted by molar-refractivity contribution is 7.92. The van der Waals surface area contributed by atoms with Gasteiger partial charge in [0.2, 0.25) is 11.8 Å². The Morgan fingerprint density at radius 1 is 0.875 bits per heavy atom. The lowest BCUT2D eigenvalue weighted by Crippen LogP contribution is -2.54. The number of aryl methyl sites for hydroxylation is 1. The van der Waals surface area contributed by atoms with Crippen LogP contribution >= 0.6 is 0 Å². The van der Waals surface area contributed by atoms with Crippen molar-refractivity contribution in [2.75, 3.05) is 10.8 Å². The largest absolute Gasteiger partial charge is 0.416 e. The molecule has 0 unspecified atom stereocenters. The van der Waals surface area contributed by atoms with Crippen LogP contribution in [0.1, 0.15) is 42.5 Å². The smallest absolute Gasteiger partial charge is 0.352 e. The number of anilines is 1. The Balaban J connectivity index is 1.86. The summed E-state index contributed by atoms with van der Waals surface area (Å²) in [6.07, 6.45) is -4.23. The molecule has 2 atom stereocenters. The van der Waals surface area contributed by atoms with Crippen molar-refractivity contribution < 1.29 is 35.6 Å². The highest BCUT2D eigenvalue weighted by atomic mass is 32.2. The molecular weight excluding hydrogens is 646 g/mol. The lowest BCUT2D eigenvalue weighted by atomic mass is 10.0. The van der Waals surface area contributed by atoms with Gasteiger partial charge in [0.15, 0.2) is 0 Å². The van der Waals surface area contributed by atoms with Crippen molar-refractivity contribution >= 4 is 27.5 Å². The Bertz CT molecular complexity index is 1820. The van der Waals surface area contributed by atoms with Gasteiger partial charge in [-0.05, 0) is 62.2 Å². The number of carbonyl (C=O) groups is 2. The minimum Gasteiger partial charge on any atom is -0.352 e. The van der Waals surface area contributed by atoms with E-state index >= 15 is 4.39 Å². The Hall–Kier alpha value is -4.71. The van der Waals surface area contributed by atoms with Crippen molar-refractivity contribution in [3.63, 3.8) is 0 Å². The summed E-state index contributed by atoms with van der Waals surface area (Å²) in [4.78, 5) is 29.1. The second-order valence-corrected chi connectivity index (χ2v) is 13.4. The van der Waals surface area contributed by atoms with Gasteiger partial charge >= 0.3 is 6.18 Å². The van der Waals surface area contributed by atoms with Crippen molar-refractivity contribution in [1.82, 2.24) is 10.2 Å². The third-order valence-electron chi connectivity index (χ3n) is 7.92. The van der Waals surface area contributed by atoms with Crippen LogP contribution in [0.15, 0.2) is 108 Å². The summed E-state index contributed by atoms with van der Waals surface area (Å²) in [5.41, 5.74) is -0.0481. The van der Waals surface area contributed by atoms with Gasteiger partial charge in [-0.1, -0.05) is 79.2 Å². The second-order valence-electron chi connectivity index (χ2n) is 11.5. The van der Waals surface area contributed by atoms with Gasteiger partial charge in [-0.15, -0.1) is 0 Å². The first-order valence-electron chi connectivity index (χ1n) is 15.3. The normalized spacial score (nSPS) is 13.0. The lowest BCUT2D eigenvalue weighted by Gasteiger charge is -2.34. The highest BCUT2D eigenvalue weighted by Gasteiger charge is 2.37. The molecule has 0 bridgehead atoms. The fraction of sp³-hybridized carbons (Fsp3) is 0.278. The highest BCUT2D eigenvalue weighted by Crippen LogP contribution is 2.33. The number of sulfonamides is 1. The SMILES string of the molecule is CC[C@H](C)NC(=O)[C@H](Cc1ccccc1)N(Cc1ccccc1F)C(=O)CN(c1cccc(C(F)(F)F)c1)S(=O)(=O)c1ccc(C)cc1. The summed E-state index contributed by atoms with van der Waals surface area (Å²) < 4.78 is 85.2. The minimum atomic E-state index is -4.80. The number of nitrogens with zero attached hydrogens (tertiary/aromatic N) is 2. The summed E-state index contributed by atoms with van der Waals surface area (Å²) >= 11 is 0. The Morgan fingerprint density at radius 3 is 2.15 bits per heavy atom. The summed E-state index contributed by atoms with van der Waals surface area (Å²) in [5.74, 6) is -2.13. The Labute approximate surface area is 278 Å². The molecule has 0 radical (unpaired) electrons. The maximum absolute atomic E-state index is 15.0. The van der Waals surface area contributed by atoms with E-state index in [1.165, 1.54) is 42.5 Å². The van der Waals surface area contributed by atoms with E-state index in [-0.39, 0.29) is 22.9 Å². The topological polar surface area (TPSA) is 86.8 Å². The Morgan fingerprint density at radius 2 is 1.52 bits per heavy atom. The molecule has 48 heavy (non-hydrogen) atoms. The first kappa shape index (κ1) is 36.1. The fourth-order valence-electron chi connectivity index (χ4n) is 5.01. The third-order valence-corrected chi connectivity index (χ3v) is 9.71. The van der Waals surface area contributed by atoms with E-state index in [1.807, 2.05) is 6.92 Å². The molecule has 0 saturated heterocycles. The molecular formula is C36H37F4N3O4S. The van der Waals surface area contributed by atoms with E-state index in [1.54, 1.807) is 50.2 Å². The van der Waals surface area contributed by atoms with Crippen LogP contribution in [0.4, 0.5) is 23.2 Å². The third kappa shape index (κ3) is 9.00. The van der Waals surface area contributed by atoms with Crippen LogP contribution in [0.25, 0.3) is 0 Å². The van der Waals surface area contributed by atoms with Crippen LogP contribution < -0.4 is 9.62 Å². The predicted octanol–water partition coefficient (Wildman–Crippen LogP) is 6.90. The lowest BCUT2D eigenvalue weighted by molar-refractivity contribution is -0.140. The van der Waals surface area contributed by atoms with Crippen molar-refractivity contribution in [3.05, 3.63) is 131 Å². The van der Waals surface area contributed by atoms with E-state index < -0.39 is 64.2 Å². The molecule has 0 aromatic heterocycles. The molecule has 4 rings (SSSR count). The molecule has 0 spiro atoms. The molecule has 12 heteroatoms. The summed E-state index contributed by atoms with van der Waals surface area (Å²) in [5, 5.41) is 2.87. The van der Waals surface area contributed by atoms with Gasteiger partial charge in [0.05, 0.1) is 16.1 Å². The van der Waals surface area contributed by atoms with E-state index in [0.717, 1.165) is 28.7 Å². The molecule has 0 fully saturated rings. The number of carbonyl (C=O) groups excluding carboxylic acids is 2. The van der Waals surface area contributed by atoms with Gasteiger partial charge in [-0.25, -0.2) is 12.8 Å². The average Bonchev–Trinajstić information content (AvgIpc) is 3.06. The van der Waals surface area contributed by atoms with Crippen LogP contribution in [0.3, 0.4) is 0 Å². The van der Waals surface area contributed by atoms with Crippen molar-refractivity contribution in [3.8, 4) is 0 Å². The molecule has 4 aromatic carbocycles. The number of halogens is 4. The van der Waals surface area contributed by atoms with Crippen molar-refractivity contribution in [2.45, 2.75) is 63.3 Å². The standard InChI is InChI=1S/C36H37F4N3O4S/c1-4-26(3)41-35(45)33(21-27-11-6-5-7-12-27)42(23-28-13-8-9-16-32(28)37)34(44)24-43(30-15-10-14-29(22-30)36(38,39)40)48(46,47)31-19-17-25(2)18-20-31/h5-20,22,26,33H,4,21,23-24H2,1-3H3,(H,41,45)/t26-,33-/m0/s1. The maximum atomic E-state index is 15.0. The van der Waals surface area contributed by atoms with Gasteiger partial charge in [-0.3, -0.25) is 13.9 Å². The first-order chi connectivity index (χ1) is 22.7. The van der Waals surface area contributed by atoms with Crippen LogP contribution in [-0.4, -0.2) is 43.8 Å². The summed E-state index contributed by atoms with van der Waals surface area (Å²) in [6.45, 7) is 3.99. The number of nitrogens with one attached hydrogen (secondary N) is 1. The summed E-state index contributed by atoms with van der Waals surface area (Å²) in [6, 6.07) is 22.2. The molecule has 0 saturated carbocycles. The molecule has 7 nitrogen and oxygen atoms in total. The molecule has 0 aliphatic heterocycles. The first-order valence-corrected chi connectivity index (χ1v) is 16.8. The van der Waals surface area contributed by atoms with Crippen molar-refractivity contribution in [1.29, 1.82) is 0 Å². The number of alkyl halides is 3. The van der Waals surface area contributed by atoms with Crippen LogP contribution in [0.2, 0.25) is 0 Å². The zero-order valence-electron chi connectivity index (χ0n) is 26.7. The zero-order chi connectivity index (χ0) is 35.1. The number of benzene rings is 4. The number of rotatable bonds is 13. The quantitative estimate of drug-likeness (QED) is 0.155. The predicted molar refractivity (Wildman–Crippen MR) is 176 cm³/mol. The number of hydrogen-bond donors (Lipinski definition) is 1. The van der Waals surface area contributed by atoms with Gasteiger partial charge in [-0.2, -0.15) is 13.2 Å². The van der Waals surface area contributed by atoms with Gasteiger partial charge in [0.25, 0.3) is 10.0 Å². The minimum absolute atomic E-state index is 0.00241. The van der Waals surface area contributed by atoms with E-state index in [4.69, 9.17) is 0 Å². The molecule has 0 heterocycles. The molecule has 254 valence electrons. The van der Waals surface area contributed by atoms with E-state index in [2.05, 4.69) is 5.32 Å². The van der Waals surface area contributed by atoms with Gasteiger partial charge in [0.1, 0.15) is 18.4 Å². The zero-order valence-corrected chi connectivity index (χ0v) is 27.6. The molecule has 0 aliphatic rings. The van der Waals surface area contributed by atoms with Gasteiger partial charge < -0.3 is 10.2 Å². The van der Waals surface area contributed by atoms with Crippen molar-refractivity contribution in [2.24, 2.45) is 0 Å². The molecule has 0 aliphatic carbocycles. The van der Waals surface area contributed by atoms with E-state index in [9.17, 15) is 31.2 Å². The maximum Gasteiger partial charge on any atom is 0.416 e. The summed E-state index contributed by atoms with van der Waals surface area (Å²) in [7, 11) is -4.63. The number of hydrogen-bond acceptors (Lipinski definition) is 4. The van der Waals surface area contributed by atoms with Crippen LogP contribution in [0, 0.1) is 12.7 Å². The fourth-order valence-corrected chi connectivity index (χ4v) is 6.41. The Kier molecular flexibility index (Phi) is 11.6. The van der Waals surface area contributed by atoms with E-state index in [0.29, 0.717) is 22.4 Å². The van der Waals surface area contributed by atoms with Crippen LogP contribution in [-0.2, 0) is 38.8 Å². The molecule has 1 N–H and O–H groups in total. The van der Waals surface area contributed by atoms with Gasteiger partial charge in [0, 0.05) is 24.6 Å². The molecule has 4 aromatic rings. The molecule has 2 amide bonds. The second kappa shape index (κ2) is 15.5. The number of amides is 2. The average molecular weight is 684 g/mol. The monoisotopic (exact) mass is 683 g/mol. The van der Waals surface area contributed by atoms with Crippen LogP contribution in [0.5, 0.6) is 0 Å².